The van der Waals surface area contributed by atoms with Crippen molar-refractivity contribution in [1.29, 1.82) is 0 Å². The van der Waals surface area contributed by atoms with Gasteiger partial charge in [0.1, 0.15) is 0 Å². The van der Waals surface area contributed by atoms with Crippen LogP contribution in [0.25, 0.3) is 0 Å². The quantitative estimate of drug-likeness (QED) is 0.614. The van der Waals surface area contributed by atoms with E-state index in [1.54, 1.807) is 0 Å². The molecule has 16 heavy (non-hydrogen) atoms. The predicted octanol–water partition coefficient (Wildman–Crippen LogP) is 3.08. The Balaban J connectivity index is 4.17. The Morgan fingerprint density at radius 1 is 1.56 bits per heavy atom. The minimum atomic E-state index is -0.467. The highest BCUT2D eigenvalue weighted by atomic mass is 79.9. The third-order valence-corrected chi connectivity index (χ3v) is 3.21. The SMILES string of the molecule is CCCC(=O)NC(C)(C)C#CCC(Br)CCl. The average molecular weight is 309 g/mol. The molecular weight excluding hydrogens is 289 g/mol. The van der Waals surface area contributed by atoms with Crippen LogP contribution in [0, 0.1) is 11.8 Å². The summed E-state index contributed by atoms with van der Waals surface area (Å²) in [6.07, 6.45) is 2.09. The lowest BCUT2D eigenvalue weighted by molar-refractivity contribution is -0.122. The van der Waals surface area contributed by atoms with Gasteiger partial charge in [-0.2, -0.15) is 0 Å². The summed E-state index contributed by atoms with van der Waals surface area (Å²) < 4.78 is 0. The summed E-state index contributed by atoms with van der Waals surface area (Å²) in [5.41, 5.74) is -0.467. The number of amides is 1. The molecule has 2 nitrogen and oxygen atoms in total. The molecule has 0 saturated heterocycles. The van der Waals surface area contributed by atoms with Crippen LogP contribution in [-0.2, 0) is 4.79 Å². The molecule has 0 spiro atoms. The Morgan fingerprint density at radius 2 is 2.19 bits per heavy atom. The molecule has 4 heteroatoms. The minimum Gasteiger partial charge on any atom is -0.340 e. The second-order valence-corrected chi connectivity index (χ2v) is 5.78. The molecule has 0 fully saturated rings. The Bertz CT molecular complexity index is 280. The number of nitrogens with one attached hydrogen (secondary N) is 1. The van der Waals surface area contributed by atoms with Gasteiger partial charge in [0.25, 0.3) is 0 Å². The molecule has 0 heterocycles. The van der Waals surface area contributed by atoms with Gasteiger partial charge in [0.15, 0.2) is 0 Å². The number of rotatable bonds is 5. The molecule has 0 rings (SSSR count). The van der Waals surface area contributed by atoms with Crippen LogP contribution < -0.4 is 5.32 Å². The van der Waals surface area contributed by atoms with Gasteiger partial charge in [-0.15, -0.1) is 11.6 Å². The van der Waals surface area contributed by atoms with E-state index in [0.717, 1.165) is 6.42 Å². The van der Waals surface area contributed by atoms with E-state index in [9.17, 15) is 4.79 Å². The average Bonchev–Trinajstić information content (AvgIpc) is 2.16. The van der Waals surface area contributed by atoms with E-state index in [-0.39, 0.29) is 10.7 Å². The molecule has 0 aromatic carbocycles. The molecule has 0 bridgehead atoms. The first-order chi connectivity index (χ1) is 7.41. The summed E-state index contributed by atoms with van der Waals surface area (Å²) in [6, 6.07) is 0. The molecule has 0 radical (unpaired) electrons. The number of hydrogen-bond acceptors (Lipinski definition) is 1. The molecule has 0 aliphatic heterocycles. The van der Waals surface area contributed by atoms with Crippen molar-refractivity contribution in [1.82, 2.24) is 5.32 Å². The first-order valence-electron chi connectivity index (χ1n) is 5.42. The summed E-state index contributed by atoms with van der Waals surface area (Å²) in [5, 5.41) is 2.89. The fourth-order valence-corrected chi connectivity index (χ4v) is 1.38. The van der Waals surface area contributed by atoms with Gasteiger partial charge in [0.2, 0.25) is 5.91 Å². The maximum Gasteiger partial charge on any atom is 0.221 e. The fourth-order valence-electron chi connectivity index (χ4n) is 1.11. The zero-order valence-corrected chi connectivity index (χ0v) is 12.4. The number of carbonyl (C=O) groups is 1. The molecule has 0 aliphatic rings. The minimum absolute atomic E-state index is 0.0505. The van der Waals surface area contributed by atoms with Gasteiger partial charge in [-0.3, -0.25) is 4.79 Å². The van der Waals surface area contributed by atoms with Crippen molar-refractivity contribution in [3.63, 3.8) is 0 Å². The van der Waals surface area contributed by atoms with E-state index in [1.165, 1.54) is 0 Å². The third-order valence-electron chi connectivity index (χ3n) is 1.82. The Kier molecular flexibility index (Phi) is 7.87. The molecule has 92 valence electrons. The maximum absolute atomic E-state index is 11.4. The molecule has 0 aromatic rings. The molecule has 0 saturated carbocycles. The summed E-state index contributed by atoms with van der Waals surface area (Å²) >= 11 is 9.04. The molecule has 1 N–H and O–H groups in total. The monoisotopic (exact) mass is 307 g/mol. The van der Waals surface area contributed by atoms with Crippen molar-refractivity contribution < 1.29 is 4.79 Å². The lowest BCUT2D eigenvalue weighted by atomic mass is 10.1. The lowest BCUT2D eigenvalue weighted by Crippen LogP contribution is -2.42. The molecule has 0 aliphatic carbocycles. The van der Waals surface area contributed by atoms with Crippen molar-refractivity contribution in [2.45, 2.75) is 50.4 Å². The fraction of sp³-hybridized carbons (Fsp3) is 0.750. The van der Waals surface area contributed by atoms with Crippen molar-refractivity contribution in [2.75, 3.05) is 5.88 Å². The highest BCUT2D eigenvalue weighted by Crippen LogP contribution is 2.07. The maximum atomic E-state index is 11.4. The van der Waals surface area contributed by atoms with Gasteiger partial charge < -0.3 is 5.32 Å². The first-order valence-corrected chi connectivity index (χ1v) is 6.87. The smallest absolute Gasteiger partial charge is 0.221 e. The topological polar surface area (TPSA) is 29.1 Å². The van der Waals surface area contributed by atoms with Crippen LogP contribution >= 0.6 is 27.5 Å². The van der Waals surface area contributed by atoms with E-state index in [0.29, 0.717) is 18.7 Å². The van der Waals surface area contributed by atoms with Gasteiger partial charge in [-0.05, 0) is 20.3 Å². The van der Waals surface area contributed by atoms with Crippen LogP contribution in [0.15, 0.2) is 0 Å². The van der Waals surface area contributed by atoms with Crippen LogP contribution in [0.1, 0.15) is 40.0 Å². The van der Waals surface area contributed by atoms with Crippen molar-refractivity contribution in [3.05, 3.63) is 0 Å². The van der Waals surface area contributed by atoms with Gasteiger partial charge in [-0.25, -0.2) is 0 Å². The van der Waals surface area contributed by atoms with Gasteiger partial charge in [-0.1, -0.05) is 34.7 Å². The second kappa shape index (κ2) is 7.97. The first kappa shape index (κ1) is 15.8. The Hall–Kier alpha value is -0.200. The van der Waals surface area contributed by atoms with E-state index in [4.69, 9.17) is 11.6 Å². The standard InChI is InChI=1S/C12H19BrClNO/c1-4-6-11(16)15-12(2,3)8-5-7-10(13)9-14/h10H,4,6-7,9H2,1-3H3,(H,15,16). The van der Waals surface area contributed by atoms with Gasteiger partial charge in [0, 0.05) is 23.5 Å². The third kappa shape index (κ3) is 8.01. The molecule has 1 amide bonds. The highest BCUT2D eigenvalue weighted by Gasteiger charge is 2.16. The Morgan fingerprint density at radius 3 is 2.69 bits per heavy atom. The lowest BCUT2D eigenvalue weighted by Gasteiger charge is -2.19. The van der Waals surface area contributed by atoms with E-state index in [1.807, 2.05) is 20.8 Å². The van der Waals surface area contributed by atoms with E-state index >= 15 is 0 Å². The number of halogens is 2. The summed E-state index contributed by atoms with van der Waals surface area (Å²) in [5.74, 6) is 6.66. The van der Waals surface area contributed by atoms with Crippen LogP contribution in [0.5, 0.6) is 0 Å². The summed E-state index contributed by atoms with van der Waals surface area (Å²) in [7, 11) is 0. The molecular formula is C12H19BrClNO. The highest BCUT2D eigenvalue weighted by molar-refractivity contribution is 9.09. The van der Waals surface area contributed by atoms with Gasteiger partial charge in [0.05, 0.1) is 5.54 Å². The van der Waals surface area contributed by atoms with Crippen molar-refractivity contribution >= 4 is 33.4 Å². The summed E-state index contributed by atoms with van der Waals surface area (Å²) in [4.78, 5) is 11.6. The number of hydrogen-bond donors (Lipinski definition) is 1. The van der Waals surface area contributed by atoms with Crippen LogP contribution in [0.3, 0.4) is 0 Å². The zero-order chi connectivity index (χ0) is 12.6. The molecule has 0 aromatic heterocycles. The van der Waals surface area contributed by atoms with E-state index < -0.39 is 5.54 Å². The number of carbonyl (C=O) groups excluding carboxylic acids is 1. The van der Waals surface area contributed by atoms with Crippen molar-refractivity contribution in [2.24, 2.45) is 0 Å². The summed E-state index contributed by atoms with van der Waals surface area (Å²) in [6.45, 7) is 5.78. The normalized spacial score (nSPS) is 12.6. The zero-order valence-electron chi connectivity index (χ0n) is 10.1. The van der Waals surface area contributed by atoms with E-state index in [2.05, 4.69) is 33.1 Å². The second-order valence-electron chi connectivity index (χ2n) is 4.18. The van der Waals surface area contributed by atoms with Crippen molar-refractivity contribution in [3.8, 4) is 11.8 Å². The van der Waals surface area contributed by atoms with Crippen LogP contribution in [0.4, 0.5) is 0 Å². The number of alkyl halides is 2. The van der Waals surface area contributed by atoms with Gasteiger partial charge >= 0.3 is 0 Å². The predicted molar refractivity (Wildman–Crippen MR) is 73.0 cm³/mol. The molecule has 1 unspecified atom stereocenters. The Labute approximate surface area is 112 Å². The molecule has 1 atom stereocenters. The van der Waals surface area contributed by atoms with Crippen LogP contribution in [-0.4, -0.2) is 22.2 Å². The van der Waals surface area contributed by atoms with Crippen LogP contribution in [0.2, 0.25) is 0 Å². The largest absolute Gasteiger partial charge is 0.340 e.